The fourth-order valence-corrected chi connectivity index (χ4v) is 1.89. The van der Waals surface area contributed by atoms with Crippen LogP contribution in [0.2, 0.25) is 0 Å². The number of aromatic nitrogens is 2. The Balaban J connectivity index is 2.07. The van der Waals surface area contributed by atoms with Gasteiger partial charge in [0.25, 0.3) is 0 Å². The van der Waals surface area contributed by atoms with Gasteiger partial charge in [-0.1, -0.05) is 13.0 Å². The molecule has 0 bridgehead atoms. The van der Waals surface area contributed by atoms with E-state index in [0.29, 0.717) is 6.54 Å². The molecular weight excluding hydrogens is 229 g/mol. The summed E-state index contributed by atoms with van der Waals surface area (Å²) in [5.74, 6) is -0.224. The number of nitrogens with one attached hydrogen (secondary N) is 1. The first-order chi connectivity index (χ1) is 8.72. The van der Waals surface area contributed by atoms with Crippen LogP contribution in [0.25, 0.3) is 0 Å². The van der Waals surface area contributed by atoms with Crippen LogP contribution >= 0.6 is 0 Å². The standard InChI is InChI=1S/C14H18FN3/c1-3-12-9-14(18(4-2)17-12)10-16-13-7-5-6-11(15)8-13/h5-9,16H,3-4,10H2,1-2H3. The molecule has 0 aliphatic heterocycles. The number of benzene rings is 1. The average molecular weight is 247 g/mol. The number of halogens is 1. The van der Waals surface area contributed by atoms with Crippen LogP contribution in [0, 0.1) is 5.82 Å². The van der Waals surface area contributed by atoms with E-state index in [1.165, 1.54) is 12.1 Å². The number of hydrogen-bond acceptors (Lipinski definition) is 2. The topological polar surface area (TPSA) is 29.9 Å². The SMILES string of the molecule is CCc1cc(CNc2cccc(F)c2)n(CC)n1. The van der Waals surface area contributed by atoms with Crippen molar-refractivity contribution in [1.82, 2.24) is 9.78 Å². The van der Waals surface area contributed by atoms with E-state index in [1.807, 2.05) is 10.7 Å². The highest BCUT2D eigenvalue weighted by Crippen LogP contribution is 2.12. The lowest BCUT2D eigenvalue weighted by Crippen LogP contribution is -2.07. The van der Waals surface area contributed by atoms with Crippen LogP contribution < -0.4 is 5.32 Å². The van der Waals surface area contributed by atoms with Crippen LogP contribution in [0.4, 0.5) is 10.1 Å². The zero-order valence-corrected chi connectivity index (χ0v) is 10.8. The van der Waals surface area contributed by atoms with E-state index in [0.717, 1.165) is 30.0 Å². The van der Waals surface area contributed by atoms with Gasteiger partial charge in [0.15, 0.2) is 0 Å². The van der Waals surface area contributed by atoms with E-state index in [2.05, 4.69) is 30.3 Å². The maximum Gasteiger partial charge on any atom is 0.125 e. The Hall–Kier alpha value is -1.84. The first kappa shape index (κ1) is 12.6. The Morgan fingerprint density at radius 3 is 2.78 bits per heavy atom. The minimum Gasteiger partial charge on any atom is -0.379 e. The van der Waals surface area contributed by atoms with Gasteiger partial charge in [0.2, 0.25) is 0 Å². The van der Waals surface area contributed by atoms with Crippen molar-refractivity contribution in [3.8, 4) is 0 Å². The van der Waals surface area contributed by atoms with Gasteiger partial charge in [0.05, 0.1) is 17.9 Å². The summed E-state index contributed by atoms with van der Waals surface area (Å²) < 4.78 is 15.0. The van der Waals surface area contributed by atoms with E-state index in [9.17, 15) is 4.39 Å². The fraction of sp³-hybridized carbons (Fsp3) is 0.357. The van der Waals surface area contributed by atoms with Gasteiger partial charge in [0, 0.05) is 12.2 Å². The minimum atomic E-state index is -0.224. The number of hydrogen-bond donors (Lipinski definition) is 1. The predicted molar refractivity (Wildman–Crippen MR) is 71.0 cm³/mol. The van der Waals surface area contributed by atoms with Gasteiger partial charge in [-0.05, 0) is 37.6 Å². The molecule has 0 aliphatic rings. The molecule has 18 heavy (non-hydrogen) atoms. The summed E-state index contributed by atoms with van der Waals surface area (Å²) in [4.78, 5) is 0. The van der Waals surface area contributed by atoms with Crippen LogP contribution in [0.15, 0.2) is 30.3 Å². The molecule has 0 radical (unpaired) electrons. The third-order valence-electron chi connectivity index (χ3n) is 2.87. The lowest BCUT2D eigenvalue weighted by Gasteiger charge is -2.07. The zero-order chi connectivity index (χ0) is 13.0. The van der Waals surface area contributed by atoms with Gasteiger partial charge in [-0.25, -0.2) is 4.39 Å². The molecule has 3 nitrogen and oxygen atoms in total. The van der Waals surface area contributed by atoms with Crippen molar-refractivity contribution in [3.63, 3.8) is 0 Å². The van der Waals surface area contributed by atoms with E-state index in [-0.39, 0.29) is 5.82 Å². The first-order valence-electron chi connectivity index (χ1n) is 6.28. The Morgan fingerprint density at radius 2 is 2.11 bits per heavy atom. The maximum absolute atomic E-state index is 13.0. The van der Waals surface area contributed by atoms with Crippen molar-refractivity contribution in [2.45, 2.75) is 33.4 Å². The summed E-state index contributed by atoms with van der Waals surface area (Å²) in [6, 6.07) is 8.59. The molecule has 96 valence electrons. The number of nitrogens with zero attached hydrogens (tertiary/aromatic N) is 2. The third-order valence-corrected chi connectivity index (χ3v) is 2.87. The highest BCUT2D eigenvalue weighted by atomic mass is 19.1. The summed E-state index contributed by atoms with van der Waals surface area (Å²) in [5, 5.41) is 7.69. The number of rotatable bonds is 5. The second kappa shape index (κ2) is 5.67. The molecule has 2 aromatic rings. The lowest BCUT2D eigenvalue weighted by atomic mass is 10.3. The molecule has 2 rings (SSSR count). The average Bonchev–Trinajstić information content (AvgIpc) is 2.79. The van der Waals surface area contributed by atoms with Crippen molar-refractivity contribution >= 4 is 5.69 Å². The summed E-state index contributed by atoms with van der Waals surface area (Å²) >= 11 is 0. The normalized spacial score (nSPS) is 10.6. The van der Waals surface area contributed by atoms with Crippen molar-refractivity contribution in [2.75, 3.05) is 5.32 Å². The van der Waals surface area contributed by atoms with Gasteiger partial charge in [-0.15, -0.1) is 0 Å². The Bertz CT molecular complexity index is 520. The van der Waals surface area contributed by atoms with E-state index < -0.39 is 0 Å². The highest BCUT2D eigenvalue weighted by Gasteiger charge is 2.05. The molecule has 4 heteroatoms. The molecule has 0 unspecified atom stereocenters. The van der Waals surface area contributed by atoms with Gasteiger partial charge in [0.1, 0.15) is 5.82 Å². The Kier molecular flexibility index (Phi) is 3.97. The molecule has 0 spiro atoms. The molecule has 0 atom stereocenters. The smallest absolute Gasteiger partial charge is 0.125 e. The molecular formula is C14H18FN3. The number of aryl methyl sites for hydroxylation is 2. The van der Waals surface area contributed by atoms with E-state index >= 15 is 0 Å². The Morgan fingerprint density at radius 1 is 1.28 bits per heavy atom. The van der Waals surface area contributed by atoms with E-state index in [4.69, 9.17) is 0 Å². The van der Waals surface area contributed by atoms with Gasteiger partial charge in [-0.3, -0.25) is 4.68 Å². The van der Waals surface area contributed by atoms with Crippen LogP contribution in [0.5, 0.6) is 0 Å². The minimum absolute atomic E-state index is 0.224. The predicted octanol–water partition coefficient (Wildman–Crippen LogP) is 3.22. The van der Waals surface area contributed by atoms with Gasteiger partial charge in [-0.2, -0.15) is 5.10 Å². The highest BCUT2D eigenvalue weighted by molar-refractivity contribution is 5.43. The van der Waals surface area contributed by atoms with Crippen LogP contribution in [-0.2, 0) is 19.5 Å². The zero-order valence-electron chi connectivity index (χ0n) is 10.8. The summed E-state index contributed by atoms with van der Waals surface area (Å²) in [7, 11) is 0. The summed E-state index contributed by atoms with van der Waals surface area (Å²) in [5.41, 5.74) is 3.00. The van der Waals surface area contributed by atoms with Crippen molar-refractivity contribution in [1.29, 1.82) is 0 Å². The quantitative estimate of drug-likeness (QED) is 0.879. The second-order valence-electron chi connectivity index (χ2n) is 4.16. The van der Waals surface area contributed by atoms with Crippen molar-refractivity contribution in [2.24, 2.45) is 0 Å². The van der Waals surface area contributed by atoms with Crippen molar-refractivity contribution < 1.29 is 4.39 Å². The molecule has 1 heterocycles. The first-order valence-corrected chi connectivity index (χ1v) is 6.28. The monoisotopic (exact) mass is 247 g/mol. The molecule has 1 N–H and O–H groups in total. The molecule has 0 aliphatic carbocycles. The van der Waals surface area contributed by atoms with Crippen LogP contribution in [-0.4, -0.2) is 9.78 Å². The lowest BCUT2D eigenvalue weighted by molar-refractivity contribution is 0.618. The van der Waals surface area contributed by atoms with Gasteiger partial charge < -0.3 is 5.32 Å². The largest absolute Gasteiger partial charge is 0.379 e. The van der Waals surface area contributed by atoms with Crippen molar-refractivity contribution in [3.05, 3.63) is 47.5 Å². The second-order valence-corrected chi connectivity index (χ2v) is 4.16. The molecule has 1 aromatic heterocycles. The third kappa shape index (κ3) is 2.88. The van der Waals surface area contributed by atoms with Gasteiger partial charge >= 0.3 is 0 Å². The molecule has 0 saturated heterocycles. The number of anilines is 1. The van der Waals surface area contributed by atoms with E-state index in [1.54, 1.807) is 6.07 Å². The molecule has 1 aromatic carbocycles. The molecule has 0 fully saturated rings. The summed E-state index contributed by atoms with van der Waals surface area (Å²) in [6.45, 7) is 5.66. The Labute approximate surface area is 107 Å². The van der Waals surface area contributed by atoms with Crippen LogP contribution in [0.1, 0.15) is 25.2 Å². The molecule has 0 saturated carbocycles. The van der Waals surface area contributed by atoms with Crippen LogP contribution in [0.3, 0.4) is 0 Å². The maximum atomic E-state index is 13.0. The summed E-state index contributed by atoms with van der Waals surface area (Å²) in [6.07, 6.45) is 0.931. The fourth-order valence-electron chi connectivity index (χ4n) is 1.89. The molecule has 0 amide bonds.